The third kappa shape index (κ3) is 2.14. The summed E-state index contributed by atoms with van der Waals surface area (Å²) in [6, 6.07) is 2.06. The molecule has 2 amide bonds. The van der Waals surface area contributed by atoms with Crippen LogP contribution in [0.15, 0.2) is 16.8 Å². The molecule has 2 aliphatic rings. The monoisotopic (exact) mass is 264 g/mol. The molecular weight excluding hydrogens is 248 g/mol. The zero-order valence-corrected chi connectivity index (χ0v) is 10.9. The van der Waals surface area contributed by atoms with Gasteiger partial charge in [-0.3, -0.25) is 9.59 Å². The number of nitrogens with one attached hydrogen (secondary N) is 1. The first-order valence-corrected chi connectivity index (χ1v) is 7.25. The third-order valence-electron chi connectivity index (χ3n) is 3.88. The summed E-state index contributed by atoms with van der Waals surface area (Å²) in [5, 5.41) is 6.97. The maximum atomic E-state index is 12.1. The lowest BCUT2D eigenvalue weighted by atomic mass is 10.0. The van der Waals surface area contributed by atoms with Crippen molar-refractivity contribution in [3.63, 3.8) is 0 Å². The summed E-state index contributed by atoms with van der Waals surface area (Å²) in [7, 11) is 0. The van der Waals surface area contributed by atoms with Gasteiger partial charge in [0, 0.05) is 32.0 Å². The number of aryl methyl sites for hydroxylation is 1. The number of carbonyl (C=O) groups is 2. The van der Waals surface area contributed by atoms with Crippen LogP contribution in [-0.4, -0.2) is 36.3 Å². The molecule has 3 rings (SSSR count). The second-order valence-corrected chi connectivity index (χ2v) is 5.82. The first-order chi connectivity index (χ1) is 8.74. The van der Waals surface area contributed by atoms with Gasteiger partial charge >= 0.3 is 0 Å². The molecule has 2 fully saturated rings. The molecule has 2 aliphatic heterocycles. The van der Waals surface area contributed by atoms with Gasteiger partial charge in [-0.15, -0.1) is 0 Å². The number of amides is 2. The minimum absolute atomic E-state index is 0.0371. The van der Waals surface area contributed by atoms with Crippen LogP contribution in [0.3, 0.4) is 0 Å². The summed E-state index contributed by atoms with van der Waals surface area (Å²) in [5.41, 5.74) is 1.23. The van der Waals surface area contributed by atoms with Gasteiger partial charge in [0.2, 0.25) is 11.8 Å². The second kappa shape index (κ2) is 4.72. The Bertz CT molecular complexity index is 458. The molecule has 0 saturated carbocycles. The first-order valence-electron chi connectivity index (χ1n) is 6.30. The molecule has 0 bridgehead atoms. The molecule has 4 nitrogen and oxygen atoms in total. The van der Waals surface area contributed by atoms with Gasteiger partial charge in [0.15, 0.2) is 0 Å². The van der Waals surface area contributed by atoms with Crippen LogP contribution in [0.5, 0.6) is 0 Å². The van der Waals surface area contributed by atoms with Crippen molar-refractivity contribution in [3.05, 3.63) is 22.4 Å². The van der Waals surface area contributed by atoms with Crippen LogP contribution in [0, 0.1) is 11.8 Å². The van der Waals surface area contributed by atoms with E-state index in [2.05, 4.69) is 16.8 Å². The summed E-state index contributed by atoms with van der Waals surface area (Å²) in [5.74, 6) is 0.675. The topological polar surface area (TPSA) is 49.4 Å². The third-order valence-corrected chi connectivity index (χ3v) is 4.61. The van der Waals surface area contributed by atoms with E-state index < -0.39 is 0 Å². The van der Waals surface area contributed by atoms with E-state index in [-0.39, 0.29) is 17.7 Å². The molecule has 2 atom stereocenters. The predicted octanol–water partition coefficient (Wildman–Crippen LogP) is 0.885. The Morgan fingerprint density at radius 1 is 1.50 bits per heavy atom. The van der Waals surface area contributed by atoms with E-state index in [0.29, 0.717) is 18.9 Å². The van der Waals surface area contributed by atoms with E-state index in [4.69, 9.17) is 0 Å². The maximum Gasteiger partial charge on any atom is 0.225 e. The minimum Gasteiger partial charge on any atom is -0.355 e. The highest BCUT2D eigenvalue weighted by Gasteiger charge is 2.43. The first kappa shape index (κ1) is 11.7. The van der Waals surface area contributed by atoms with Crippen molar-refractivity contribution in [2.75, 3.05) is 19.6 Å². The molecule has 18 heavy (non-hydrogen) atoms. The fourth-order valence-electron chi connectivity index (χ4n) is 2.79. The number of hydrogen-bond acceptors (Lipinski definition) is 3. The van der Waals surface area contributed by atoms with E-state index in [1.165, 1.54) is 5.56 Å². The molecule has 1 N–H and O–H groups in total. The van der Waals surface area contributed by atoms with E-state index in [0.717, 1.165) is 19.5 Å². The van der Waals surface area contributed by atoms with Crippen molar-refractivity contribution in [2.24, 2.45) is 11.8 Å². The Hall–Kier alpha value is -1.36. The Morgan fingerprint density at radius 2 is 2.39 bits per heavy atom. The van der Waals surface area contributed by atoms with Gasteiger partial charge in [0.05, 0.1) is 5.92 Å². The van der Waals surface area contributed by atoms with E-state index in [9.17, 15) is 9.59 Å². The number of hydrogen-bond donors (Lipinski definition) is 1. The summed E-state index contributed by atoms with van der Waals surface area (Å²) in [4.78, 5) is 25.5. The molecule has 0 aromatic carbocycles. The summed E-state index contributed by atoms with van der Waals surface area (Å²) >= 11 is 1.66. The average Bonchev–Trinajstić information content (AvgIpc) is 3.05. The molecule has 96 valence electrons. The smallest absolute Gasteiger partial charge is 0.225 e. The highest BCUT2D eigenvalue weighted by molar-refractivity contribution is 7.07. The van der Waals surface area contributed by atoms with Crippen LogP contribution in [0.1, 0.15) is 12.0 Å². The van der Waals surface area contributed by atoms with Crippen molar-refractivity contribution in [1.82, 2.24) is 10.2 Å². The van der Waals surface area contributed by atoms with Crippen molar-refractivity contribution in [1.29, 1.82) is 0 Å². The molecule has 5 heteroatoms. The summed E-state index contributed by atoms with van der Waals surface area (Å²) < 4.78 is 0. The van der Waals surface area contributed by atoms with Gasteiger partial charge in [-0.25, -0.2) is 0 Å². The highest BCUT2D eigenvalue weighted by Crippen LogP contribution is 2.27. The number of fused-ring (bicyclic) bond motifs is 1. The molecule has 1 aromatic heterocycles. The number of likely N-dealkylation sites (tertiary alicyclic amines) is 1. The van der Waals surface area contributed by atoms with E-state index >= 15 is 0 Å². The Balaban J connectivity index is 1.53. The minimum atomic E-state index is 0.0371. The Kier molecular flexibility index (Phi) is 3.07. The van der Waals surface area contributed by atoms with Crippen molar-refractivity contribution < 1.29 is 9.59 Å². The zero-order chi connectivity index (χ0) is 12.5. The van der Waals surface area contributed by atoms with Crippen LogP contribution < -0.4 is 5.32 Å². The summed E-state index contributed by atoms with van der Waals surface area (Å²) in [6.45, 7) is 2.09. The van der Waals surface area contributed by atoms with Gasteiger partial charge in [-0.05, 0) is 28.8 Å². The average molecular weight is 264 g/mol. The highest BCUT2D eigenvalue weighted by atomic mass is 32.1. The van der Waals surface area contributed by atoms with E-state index in [1.807, 2.05) is 10.3 Å². The van der Waals surface area contributed by atoms with Crippen LogP contribution >= 0.6 is 11.3 Å². The summed E-state index contributed by atoms with van der Waals surface area (Å²) in [6.07, 6.45) is 1.36. The molecule has 3 heterocycles. The van der Waals surface area contributed by atoms with Crippen LogP contribution in [0.2, 0.25) is 0 Å². The molecule has 0 unspecified atom stereocenters. The predicted molar refractivity (Wildman–Crippen MR) is 69.2 cm³/mol. The lowest BCUT2D eigenvalue weighted by Crippen LogP contribution is -2.33. The fraction of sp³-hybridized carbons (Fsp3) is 0.538. The van der Waals surface area contributed by atoms with Gasteiger partial charge in [-0.2, -0.15) is 11.3 Å². The fourth-order valence-corrected chi connectivity index (χ4v) is 3.49. The van der Waals surface area contributed by atoms with Gasteiger partial charge in [-0.1, -0.05) is 0 Å². The SMILES string of the molecule is O=C1NC[C@H]2CN(C(=O)CCc3ccsc3)C[C@@H]12. The van der Waals surface area contributed by atoms with E-state index in [1.54, 1.807) is 11.3 Å². The van der Waals surface area contributed by atoms with Crippen LogP contribution in [-0.2, 0) is 16.0 Å². The molecule has 2 saturated heterocycles. The quantitative estimate of drug-likeness (QED) is 0.881. The molecule has 1 aromatic rings. The molecule has 0 spiro atoms. The second-order valence-electron chi connectivity index (χ2n) is 5.04. The van der Waals surface area contributed by atoms with Gasteiger partial charge in [0.1, 0.15) is 0 Å². The lowest BCUT2D eigenvalue weighted by Gasteiger charge is -2.17. The van der Waals surface area contributed by atoms with Crippen LogP contribution in [0.4, 0.5) is 0 Å². The van der Waals surface area contributed by atoms with Gasteiger partial charge < -0.3 is 10.2 Å². The number of rotatable bonds is 3. The molecule has 0 aliphatic carbocycles. The standard InChI is InChI=1S/C13H16N2O2S/c16-12(2-1-9-3-4-18-8-9)15-6-10-5-14-13(17)11(10)7-15/h3-4,8,10-11H,1-2,5-7H2,(H,14,17)/t10-,11+/m0/s1. The molecular formula is C13H16N2O2S. The Morgan fingerprint density at radius 3 is 3.11 bits per heavy atom. The Labute approximate surface area is 110 Å². The number of thiophene rings is 1. The number of carbonyl (C=O) groups excluding carboxylic acids is 2. The van der Waals surface area contributed by atoms with Crippen LogP contribution in [0.25, 0.3) is 0 Å². The van der Waals surface area contributed by atoms with Crippen molar-refractivity contribution in [2.45, 2.75) is 12.8 Å². The van der Waals surface area contributed by atoms with Crippen molar-refractivity contribution >= 4 is 23.2 Å². The van der Waals surface area contributed by atoms with Crippen molar-refractivity contribution in [3.8, 4) is 0 Å². The molecule has 0 radical (unpaired) electrons. The lowest BCUT2D eigenvalue weighted by molar-refractivity contribution is -0.130. The van der Waals surface area contributed by atoms with Gasteiger partial charge in [0.25, 0.3) is 0 Å². The number of nitrogens with zero attached hydrogens (tertiary/aromatic N) is 1. The zero-order valence-electron chi connectivity index (χ0n) is 10.1. The normalized spacial score (nSPS) is 26.2. The maximum absolute atomic E-state index is 12.1. The largest absolute Gasteiger partial charge is 0.355 e.